The zero-order valence-corrected chi connectivity index (χ0v) is 24.1. The average molecular weight is 640 g/mol. The molecule has 2 heterocycles. The number of aliphatic carboxylic acids is 1. The SMILES string of the molecule is COc1ccc(-n2c(C(=O)N[C@H](C(=O)O)c3ccccc3)c3n(c2=O)CCN(C(=O)c2ccc(Br)c(Cl)c2)C3)cc1. The Kier molecular flexibility index (Phi) is 8.00. The molecule has 3 aromatic carbocycles. The van der Waals surface area contributed by atoms with Crippen LogP contribution in [0.15, 0.2) is 82.1 Å². The van der Waals surface area contributed by atoms with Crippen LogP contribution in [0.3, 0.4) is 0 Å². The van der Waals surface area contributed by atoms with Gasteiger partial charge in [0.2, 0.25) is 0 Å². The number of aromatic nitrogens is 2. The summed E-state index contributed by atoms with van der Waals surface area (Å²) in [6.45, 7) is 0.292. The van der Waals surface area contributed by atoms with Gasteiger partial charge in [0.15, 0.2) is 6.04 Å². The lowest BCUT2D eigenvalue weighted by atomic mass is 10.1. The largest absolute Gasteiger partial charge is 0.497 e. The van der Waals surface area contributed by atoms with Crippen molar-refractivity contribution >= 4 is 45.3 Å². The highest BCUT2D eigenvalue weighted by Crippen LogP contribution is 2.27. The molecule has 1 atom stereocenters. The standard InChI is InChI=1S/C29H24BrClN4O6/c1-41-20-10-8-19(9-11-20)35-25(26(36)32-24(28(38)39)17-5-3-2-4-6-17)23-16-33(13-14-34(23)29(35)40)27(37)18-7-12-21(30)22(31)15-18/h2-12,15,24H,13-14,16H2,1H3,(H,32,36)(H,38,39)/t24-/m0/s1. The number of nitrogens with one attached hydrogen (secondary N) is 1. The Morgan fingerprint density at radius 3 is 2.37 bits per heavy atom. The van der Waals surface area contributed by atoms with Crippen LogP contribution in [0, 0.1) is 0 Å². The second-order valence-electron chi connectivity index (χ2n) is 9.27. The second kappa shape index (κ2) is 11.6. The van der Waals surface area contributed by atoms with Crippen molar-refractivity contribution in [3.05, 3.63) is 115 Å². The van der Waals surface area contributed by atoms with Gasteiger partial charge in [-0.2, -0.15) is 0 Å². The van der Waals surface area contributed by atoms with Crippen LogP contribution < -0.4 is 15.7 Å². The topological polar surface area (TPSA) is 123 Å². The molecule has 2 N–H and O–H groups in total. The summed E-state index contributed by atoms with van der Waals surface area (Å²) in [6.07, 6.45) is 0. The summed E-state index contributed by atoms with van der Waals surface area (Å²) in [5.41, 5.74) is 0.831. The van der Waals surface area contributed by atoms with Crippen LogP contribution >= 0.6 is 27.5 Å². The summed E-state index contributed by atoms with van der Waals surface area (Å²) >= 11 is 9.52. The van der Waals surface area contributed by atoms with Crippen LogP contribution in [0.4, 0.5) is 0 Å². The van der Waals surface area contributed by atoms with Gasteiger partial charge in [0.25, 0.3) is 11.8 Å². The van der Waals surface area contributed by atoms with Gasteiger partial charge in [-0.25, -0.2) is 9.59 Å². The van der Waals surface area contributed by atoms with Crippen molar-refractivity contribution in [3.8, 4) is 11.4 Å². The second-order valence-corrected chi connectivity index (χ2v) is 10.5. The van der Waals surface area contributed by atoms with Crippen molar-refractivity contribution in [2.45, 2.75) is 19.1 Å². The van der Waals surface area contributed by atoms with Crippen molar-refractivity contribution in [1.29, 1.82) is 0 Å². The minimum Gasteiger partial charge on any atom is -0.497 e. The summed E-state index contributed by atoms with van der Waals surface area (Å²) in [4.78, 5) is 54.6. The first-order chi connectivity index (χ1) is 19.7. The number of ether oxygens (including phenoxy) is 1. The lowest BCUT2D eigenvalue weighted by molar-refractivity contribution is -0.139. The number of carbonyl (C=O) groups is 3. The van der Waals surface area contributed by atoms with Crippen molar-refractivity contribution in [1.82, 2.24) is 19.4 Å². The number of carboxylic acid groups (broad SMARTS) is 1. The van der Waals surface area contributed by atoms with Gasteiger partial charge in [-0.05, 0) is 64.0 Å². The fourth-order valence-corrected chi connectivity index (χ4v) is 5.21. The summed E-state index contributed by atoms with van der Waals surface area (Å²) in [5, 5.41) is 12.9. The number of imidazole rings is 1. The molecule has 0 unspecified atom stereocenters. The number of nitrogens with zero attached hydrogens (tertiary/aromatic N) is 3. The molecular weight excluding hydrogens is 616 g/mol. The van der Waals surface area contributed by atoms with Gasteiger partial charge in [-0.3, -0.25) is 18.7 Å². The number of rotatable bonds is 7. The number of carbonyl (C=O) groups excluding carboxylic acids is 2. The van der Waals surface area contributed by atoms with Crippen LogP contribution in [-0.4, -0.2) is 50.6 Å². The number of methoxy groups -OCH3 is 1. The Balaban J connectivity index is 1.59. The van der Waals surface area contributed by atoms with Gasteiger partial charge in [-0.1, -0.05) is 41.9 Å². The zero-order valence-electron chi connectivity index (χ0n) is 21.7. The predicted octanol–water partition coefficient (Wildman–Crippen LogP) is 4.28. The molecule has 0 fully saturated rings. The summed E-state index contributed by atoms with van der Waals surface area (Å²) in [5.74, 6) is -1.81. The molecule has 5 rings (SSSR count). The van der Waals surface area contributed by atoms with Crippen LogP contribution in [-0.2, 0) is 17.9 Å². The minimum atomic E-state index is -1.37. The number of hydrogen-bond donors (Lipinski definition) is 2. The van der Waals surface area contributed by atoms with E-state index >= 15 is 0 Å². The first kappa shape index (κ1) is 28.2. The molecule has 10 nitrogen and oxygen atoms in total. The first-order valence-electron chi connectivity index (χ1n) is 12.5. The van der Waals surface area contributed by atoms with Crippen molar-refractivity contribution in [2.24, 2.45) is 0 Å². The van der Waals surface area contributed by atoms with Gasteiger partial charge < -0.3 is 20.1 Å². The van der Waals surface area contributed by atoms with E-state index in [-0.39, 0.29) is 36.9 Å². The maximum Gasteiger partial charge on any atom is 0.333 e. The van der Waals surface area contributed by atoms with Gasteiger partial charge in [0, 0.05) is 23.1 Å². The smallest absolute Gasteiger partial charge is 0.333 e. The Bertz CT molecular complexity index is 1700. The van der Waals surface area contributed by atoms with Crippen molar-refractivity contribution < 1.29 is 24.2 Å². The third-order valence-electron chi connectivity index (χ3n) is 6.83. The van der Waals surface area contributed by atoms with E-state index < -0.39 is 23.6 Å². The Morgan fingerprint density at radius 1 is 1.02 bits per heavy atom. The Labute approximate surface area is 247 Å². The fourth-order valence-electron chi connectivity index (χ4n) is 4.78. The normalized spacial score (nSPS) is 13.3. The molecule has 2 amide bonds. The van der Waals surface area contributed by atoms with E-state index in [0.717, 1.165) is 0 Å². The maximum absolute atomic E-state index is 13.9. The molecule has 0 radical (unpaired) electrons. The van der Waals surface area contributed by atoms with Crippen molar-refractivity contribution in [2.75, 3.05) is 13.7 Å². The monoisotopic (exact) mass is 638 g/mol. The summed E-state index contributed by atoms with van der Waals surface area (Å²) < 4.78 is 8.55. The van der Waals surface area contributed by atoms with Crippen LogP contribution in [0.2, 0.25) is 5.02 Å². The molecule has 41 heavy (non-hydrogen) atoms. The van der Waals surface area contributed by atoms with E-state index in [1.807, 2.05) is 0 Å². The number of fused-ring (bicyclic) bond motifs is 1. The minimum absolute atomic E-state index is 0.0588. The quantitative estimate of drug-likeness (QED) is 0.311. The number of hydrogen-bond acceptors (Lipinski definition) is 5. The molecule has 0 aliphatic carbocycles. The highest BCUT2D eigenvalue weighted by molar-refractivity contribution is 9.10. The molecule has 1 aliphatic heterocycles. The molecule has 0 saturated heterocycles. The third-order valence-corrected chi connectivity index (χ3v) is 8.07. The lowest BCUT2D eigenvalue weighted by Crippen LogP contribution is -2.41. The maximum atomic E-state index is 13.9. The van der Waals surface area contributed by atoms with E-state index in [2.05, 4.69) is 21.2 Å². The number of halogens is 2. The molecule has 210 valence electrons. The summed E-state index contributed by atoms with van der Waals surface area (Å²) in [7, 11) is 1.51. The molecule has 1 aromatic heterocycles. The van der Waals surface area contributed by atoms with Gasteiger partial charge >= 0.3 is 11.7 Å². The predicted molar refractivity (Wildman–Crippen MR) is 155 cm³/mol. The van der Waals surface area contributed by atoms with E-state index in [0.29, 0.717) is 32.1 Å². The van der Waals surface area contributed by atoms with Crippen LogP contribution in [0.1, 0.15) is 38.1 Å². The van der Waals surface area contributed by atoms with Crippen LogP contribution in [0.5, 0.6) is 5.75 Å². The highest BCUT2D eigenvalue weighted by Gasteiger charge is 2.34. The molecule has 4 aromatic rings. The fraction of sp³-hybridized carbons (Fsp3) is 0.172. The van der Waals surface area contributed by atoms with E-state index in [1.165, 1.54) is 21.1 Å². The lowest BCUT2D eigenvalue weighted by Gasteiger charge is -2.28. The Hall–Kier alpha value is -4.35. The average Bonchev–Trinajstić information content (AvgIpc) is 3.28. The van der Waals surface area contributed by atoms with E-state index in [1.54, 1.807) is 72.8 Å². The number of amides is 2. The molecule has 0 saturated carbocycles. The molecule has 0 spiro atoms. The van der Waals surface area contributed by atoms with E-state index in [4.69, 9.17) is 16.3 Å². The van der Waals surface area contributed by atoms with Gasteiger partial charge in [0.1, 0.15) is 11.4 Å². The van der Waals surface area contributed by atoms with E-state index in [9.17, 15) is 24.3 Å². The van der Waals surface area contributed by atoms with Crippen LogP contribution in [0.25, 0.3) is 5.69 Å². The third kappa shape index (κ3) is 5.50. The number of carboxylic acids is 1. The molecule has 1 aliphatic rings. The molecular formula is C29H24BrClN4O6. The summed E-state index contributed by atoms with van der Waals surface area (Å²) in [6, 6.07) is 18.3. The first-order valence-corrected chi connectivity index (χ1v) is 13.7. The van der Waals surface area contributed by atoms with Crippen molar-refractivity contribution in [3.63, 3.8) is 0 Å². The number of benzene rings is 3. The zero-order chi connectivity index (χ0) is 29.3. The highest BCUT2D eigenvalue weighted by atomic mass is 79.9. The van der Waals surface area contributed by atoms with Gasteiger partial charge in [-0.15, -0.1) is 0 Å². The molecule has 0 bridgehead atoms. The van der Waals surface area contributed by atoms with Gasteiger partial charge in [0.05, 0.1) is 30.1 Å². The Morgan fingerprint density at radius 2 is 1.73 bits per heavy atom. The molecule has 12 heteroatoms.